The van der Waals surface area contributed by atoms with Gasteiger partial charge in [0.05, 0.1) is 11.6 Å². The Hall–Kier alpha value is -2.88. The number of benzene rings is 2. The predicted molar refractivity (Wildman–Crippen MR) is 107 cm³/mol. The second-order valence-corrected chi connectivity index (χ2v) is 7.49. The lowest BCUT2D eigenvalue weighted by molar-refractivity contribution is -0.118. The van der Waals surface area contributed by atoms with Crippen LogP contribution in [0.3, 0.4) is 0 Å². The van der Waals surface area contributed by atoms with E-state index in [-0.39, 0.29) is 23.7 Å². The fraction of sp³-hybridized carbons (Fsp3) is 0.304. The molecular formula is C23H25NO3. The molecular weight excluding hydrogens is 338 g/mol. The highest BCUT2D eigenvalue weighted by atomic mass is 16.3. The maximum absolute atomic E-state index is 13.0. The van der Waals surface area contributed by atoms with Crippen molar-refractivity contribution in [2.45, 2.75) is 40.2 Å². The first-order valence-electron chi connectivity index (χ1n) is 9.24. The molecule has 0 saturated heterocycles. The highest BCUT2D eigenvalue weighted by Gasteiger charge is 2.44. The van der Waals surface area contributed by atoms with E-state index in [9.17, 15) is 14.7 Å². The lowest BCUT2D eigenvalue weighted by Crippen LogP contribution is -2.31. The van der Waals surface area contributed by atoms with Crippen LogP contribution in [-0.4, -0.2) is 16.8 Å². The standard InChI is InChI=1S/C23H25NO3/c1-14(2)13-19(25)20-21(17-10-6-5-7-11-17)24(23(27)22(20)26)18-12-8-9-15(3)16(18)4/h5-12,14,21,26H,13H2,1-4H3. The fourth-order valence-electron chi connectivity index (χ4n) is 3.57. The van der Waals surface area contributed by atoms with Crippen molar-refractivity contribution >= 4 is 17.4 Å². The van der Waals surface area contributed by atoms with Crippen molar-refractivity contribution in [3.8, 4) is 0 Å². The minimum atomic E-state index is -0.620. The summed E-state index contributed by atoms with van der Waals surface area (Å²) in [4.78, 5) is 27.5. The number of anilines is 1. The third-order valence-corrected chi connectivity index (χ3v) is 5.05. The molecule has 1 aliphatic heterocycles. The van der Waals surface area contributed by atoms with Crippen LogP contribution in [0, 0.1) is 19.8 Å². The summed E-state index contributed by atoms with van der Waals surface area (Å²) in [5.41, 5.74) is 3.72. The van der Waals surface area contributed by atoms with Crippen LogP contribution in [0.15, 0.2) is 59.9 Å². The van der Waals surface area contributed by atoms with E-state index in [0.29, 0.717) is 5.69 Å². The van der Waals surface area contributed by atoms with Crippen LogP contribution in [-0.2, 0) is 9.59 Å². The van der Waals surface area contributed by atoms with Crippen LogP contribution in [0.25, 0.3) is 0 Å². The molecule has 3 rings (SSSR count). The van der Waals surface area contributed by atoms with Gasteiger partial charge in [-0.05, 0) is 42.5 Å². The van der Waals surface area contributed by atoms with E-state index in [0.717, 1.165) is 16.7 Å². The molecule has 0 aliphatic carbocycles. The molecule has 1 aliphatic rings. The van der Waals surface area contributed by atoms with Gasteiger partial charge in [0.25, 0.3) is 5.91 Å². The summed E-state index contributed by atoms with van der Waals surface area (Å²) in [7, 11) is 0. The summed E-state index contributed by atoms with van der Waals surface area (Å²) in [6.07, 6.45) is 0.288. The maximum atomic E-state index is 13.0. The second kappa shape index (κ2) is 7.39. The lowest BCUT2D eigenvalue weighted by atomic mass is 9.91. The van der Waals surface area contributed by atoms with Gasteiger partial charge in [-0.3, -0.25) is 14.5 Å². The van der Waals surface area contributed by atoms with Gasteiger partial charge >= 0.3 is 0 Å². The molecule has 0 radical (unpaired) electrons. The Labute approximate surface area is 160 Å². The lowest BCUT2D eigenvalue weighted by Gasteiger charge is -2.29. The van der Waals surface area contributed by atoms with Crippen molar-refractivity contribution in [1.29, 1.82) is 0 Å². The second-order valence-electron chi connectivity index (χ2n) is 7.49. The molecule has 27 heavy (non-hydrogen) atoms. The van der Waals surface area contributed by atoms with Crippen molar-refractivity contribution in [3.05, 3.63) is 76.6 Å². The molecule has 4 heteroatoms. The zero-order valence-corrected chi connectivity index (χ0v) is 16.2. The van der Waals surface area contributed by atoms with E-state index in [1.165, 1.54) is 0 Å². The molecule has 1 N–H and O–H groups in total. The first kappa shape index (κ1) is 18.9. The van der Waals surface area contributed by atoms with E-state index in [1.807, 2.05) is 76.2 Å². The number of Topliss-reactive ketones (excluding diaryl/α,β-unsaturated/α-hetero) is 1. The Morgan fingerprint density at radius 2 is 1.74 bits per heavy atom. The fourth-order valence-corrected chi connectivity index (χ4v) is 3.57. The number of nitrogens with zero attached hydrogens (tertiary/aromatic N) is 1. The minimum Gasteiger partial charge on any atom is -0.503 e. The van der Waals surface area contributed by atoms with Crippen molar-refractivity contribution in [1.82, 2.24) is 0 Å². The Bertz CT molecular complexity index is 912. The van der Waals surface area contributed by atoms with Gasteiger partial charge in [-0.2, -0.15) is 0 Å². The summed E-state index contributed by atoms with van der Waals surface area (Å²) in [5.74, 6) is -1.00. The van der Waals surface area contributed by atoms with Gasteiger partial charge < -0.3 is 5.11 Å². The first-order chi connectivity index (χ1) is 12.8. The topological polar surface area (TPSA) is 57.6 Å². The Kier molecular flexibility index (Phi) is 5.17. The van der Waals surface area contributed by atoms with Gasteiger partial charge in [0.2, 0.25) is 0 Å². The number of aryl methyl sites for hydroxylation is 1. The Morgan fingerprint density at radius 1 is 1.07 bits per heavy atom. The molecule has 1 unspecified atom stereocenters. The Morgan fingerprint density at radius 3 is 2.37 bits per heavy atom. The third kappa shape index (κ3) is 3.39. The smallest absolute Gasteiger partial charge is 0.294 e. The number of carbonyl (C=O) groups is 2. The van der Waals surface area contributed by atoms with Crippen LogP contribution in [0.1, 0.15) is 43.0 Å². The maximum Gasteiger partial charge on any atom is 0.294 e. The molecule has 0 saturated carbocycles. The minimum absolute atomic E-state index is 0.138. The third-order valence-electron chi connectivity index (χ3n) is 5.05. The van der Waals surface area contributed by atoms with E-state index in [1.54, 1.807) is 4.90 Å². The van der Waals surface area contributed by atoms with E-state index in [4.69, 9.17) is 0 Å². The number of aliphatic hydroxyl groups is 1. The molecule has 1 amide bonds. The van der Waals surface area contributed by atoms with Crippen molar-refractivity contribution < 1.29 is 14.7 Å². The van der Waals surface area contributed by atoms with Crippen LogP contribution in [0.5, 0.6) is 0 Å². The average molecular weight is 363 g/mol. The zero-order chi connectivity index (χ0) is 19.7. The molecule has 2 aromatic carbocycles. The molecule has 0 fully saturated rings. The number of aliphatic hydroxyl groups excluding tert-OH is 1. The molecule has 0 aromatic heterocycles. The van der Waals surface area contributed by atoms with E-state index < -0.39 is 17.7 Å². The van der Waals surface area contributed by atoms with Crippen LogP contribution in [0.4, 0.5) is 5.69 Å². The largest absolute Gasteiger partial charge is 0.503 e. The molecule has 140 valence electrons. The molecule has 0 spiro atoms. The zero-order valence-electron chi connectivity index (χ0n) is 16.2. The monoisotopic (exact) mass is 363 g/mol. The number of hydrogen-bond acceptors (Lipinski definition) is 3. The molecule has 0 bridgehead atoms. The van der Waals surface area contributed by atoms with E-state index >= 15 is 0 Å². The SMILES string of the molecule is Cc1cccc(N2C(=O)C(O)=C(C(=O)CC(C)C)C2c2ccccc2)c1C. The Balaban J connectivity index is 2.18. The van der Waals surface area contributed by atoms with Gasteiger partial charge in [0.1, 0.15) is 0 Å². The number of hydrogen-bond donors (Lipinski definition) is 1. The van der Waals surface area contributed by atoms with Crippen molar-refractivity contribution in [2.75, 3.05) is 4.90 Å². The number of rotatable bonds is 5. The highest BCUT2D eigenvalue weighted by Crippen LogP contribution is 2.42. The summed E-state index contributed by atoms with van der Waals surface area (Å²) in [5, 5.41) is 10.6. The van der Waals surface area contributed by atoms with Gasteiger partial charge in [0.15, 0.2) is 11.5 Å². The van der Waals surface area contributed by atoms with Crippen LogP contribution >= 0.6 is 0 Å². The number of carbonyl (C=O) groups excluding carboxylic acids is 2. The summed E-state index contributed by atoms with van der Waals surface area (Å²) in [6, 6.07) is 14.5. The van der Waals surface area contributed by atoms with Gasteiger partial charge in [-0.15, -0.1) is 0 Å². The summed E-state index contributed by atoms with van der Waals surface area (Å²) in [6.45, 7) is 7.83. The number of amides is 1. The van der Waals surface area contributed by atoms with Crippen LogP contribution < -0.4 is 4.90 Å². The normalized spacial score (nSPS) is 17.1. The summed E-state index contributed by atoms with van der Waals surface area (Å²) < 4.78 is 0. The van der Waals surface area contributed by atoms with Crippen molar-refractivity contribution in [3.63, 3.8) is 0 Å². The van der Waals surface area contributed by atoms with Crippen molar-refractivity contribution in [2.24, 2.45) is 5.92 Å². The quantitative estimate of drug-likeness (QED) is 0.829. The highest BCUT2D eigenvalue weighted by molar-refractivity contribution is 6.16. The summed E-state index contributed by atoms with van der Waals surface area (Å²) >= 11 is 0. The molecule has 2 aromatic rings. The number of ketones is 1. The molecule has 4 nitrogen and oxygen atoms in total. The average Bonchev–Trinajstić information content (AvgIpc) is 2.89. The van der Waals surface area contributed by atoms with Gasteiger partial charge in [0, 0.05) is 12.1 Å². The molecule has 1 heterocycles. The first-order valence-corrected chi connectivity index (χ1v) is 9.24. The molecule has 1 atom stereocenters. The van der Waals surface area contributed by atoms with Gasteiger partial charge in [-0.25, -0.2) is 0 Å². The van der Waals surface area contributed by atoms with E-state index in [2.05, 4.69) is 0 Å². The van der Waals surface area contributed by atoms with Crippen LogP contribution in [0.2, 0.25) is 0 Å². The predicted octanol–water partition coefficient (Wildman–Crippen LogP) is 4.82. The van der Waals surface area contributed by atoms with Gasteiger partial charge in [-0.1, -0.05) is 56.3 Å².